The van der Waals surface area contributed by atoms with Gasteiger partial charge in [-0.2, -0.15) is 0 Å². The molecule has 0 saturated heterocycles. The second kappa shape index (κ2) is 5.00. The smallest absolute Gasteiger partial charge is 0.250 e. The van der Waals surface area contributed by atoms with Crippen LogP contribution in [0.2, 0.25) is 0 Å². The lowest BCUT2D eigenvalue weighted by Crippen LogP contribution is -1.77. The van der Waals surface area contributed by atoms with E-state index >= 15 is 0 Å². The van der Waals surface area contributed by atoms with Gasteiger partial charge in [-0.15, -0.1) is 9.46 Å². The van der Waals surface area contributed by atoms with Crippen molar-refractivity contribution in [3.05, 3.63) is 41.7 Å². The Hall–Kier alpha value is -1.03. The van der Waals surface area contributed by atoms with Gasteiger partial charge in [0.05, 0.1) is 0 Å². The van der Waals surface area contributed by atoms with Gasteiger partial charge in [0.1, 0.15) is 0 Å². The molecule has 0 fully saturated rings. The summed E-state index contributed by atoms with van der Waals surface area (Å²) >= 11 is 0. The predicted molar refractivity (Wildman–Crippen MR) is 47.5 cm³/mol. The molecule has 6 heteroatoms. The zero-order valence-electron chi connectivity index (χ0n) is 6.97. The first kappa shape index (κ1) is 11.0. The molecular formula is C8H7F2O3P. The molecular weight excluding hydrogens is 213 g/mol. The summed E-state index contributed by atoms with van der Waals surface area (Å²) in [6.45, 7) is 0. The van der Waals surface area contributed by atoms with Crippen molar-refractivity contribution >= 4 is 13.7 Å². The van der Waals surface area contributed by atoms with E-state index in [0.29, 0.717) is 11.4 Å². The van der Waals surface area contributed by atoms with E-state index in [-0.39, 0.29) is 0 Å². The van der Waals surface area contributed by atoms with Crippen LogP contribution in [-0.4, -0.2) is 0 Å². The zero-order chi connectivity index (χ0) is 10.4. The van der Waals surface area contributed by atoms with Crippen molar-refractivity contribution in [3.63, 3.8) is 0 Å². The lowest BCUT2D eigenvalue weighted by molar-refractivity contribution is -0.0834. The number of benzene rings is 1. The SMILES string of the molecule is O=P(C=Cc1ccccc1)(OF)OF. The molecule has 0 bridgehead atoms. The molecule has 1 aromatic carbocycles. The van der Waals surface area contributed by atoms with Crippen LogP contribution in [0.1, 0.15) is 5.56 Å². The quantitative estimate of drug-likeness (QED) is 0.726. The van der Waals surface area contributed by atoms with Gasteiger partial charge in [-0.3, -0.25) is 0 Å². The van der Waals surface area contributed by atoms with Crippen molar-refractivity contribution < 1.29 is 23.1 Å². The van der Waals surface area contributed by atoms with Gasteiger partial charge in [-0.25, -0.2) is 4.57 Å². The van der Waals surface area contributed by atoms with Crippen molar-refractivity contribution in [2.24, 2.45) is 0 Å². The minimum absolute atomic E-state index is 0.627. The molecule has 0 spiro atoms. The molecule has 0 amide bonds. The van der Waals surface area contributed by atoms with Crippen molar-refractivity contribution in [2.45, 2.75) is 0 Å². The molecule has 0 unspecified atom stereocenters. The normalized spacial score (nSPS) is 12.1. The van der Waals surface area contributed by atoms with Gasteiger partial charge in [0.25, 0.3) is 0 Å². The average Bonchev–Trinajstić information content (AvgIpc) is 2.27. The van der Waals surface area contributed by atoms with Gasteiger partial charge in [0.2, 0.25) is 0 Å². The molecule has 0 radical (unpaired) electrons. The highest BCUT2D eigenvalue weighted by molar-refractivity contribution is 7.57. The third kappa shape index (κ3) is 3.03. The van der Waals surface area contributed by atoms with Crippen LogP contribution in [0.15, 0.2) is 36.1 Å². The molecule has 0 aliphatic carbocycles. The molecule has 1 rings (SSSR count). The van der Waals surface area contributed by atoms with E-state index in [4.69, 9.17) is 0 Å². The Morgan fingerprint density at radius 1 is 1.14 bits per heavy atom. The van der Waals surface area contributed by atoms with Gasteiger partial charge in [-0.1, -0.05) is 30.3 Å². The van der Waals surface area contributed by atoms with E-state index in [1.807, 2.05) is 0 Å². The summed E-state index contributed by atoms with van der Waals surface area (Å²) in [6, 6.07) is 8.54. The summed E-state index contributed by atoms with van der Waals surface area (Å²) in [5, 5.41) is 0. The van der Waals surface area contributed by atoms with Crippen LogP contribution in [0.4, 0.5) is 9.05 Å². The summed E-state index contributed by atoms with van der Waals surface area (Å²) < 4.78 is 39.7. The highest BCUT2D eigenvalue weighted by atomic mass is 31.2. The number of halogens is 2. The Morgan fingerprint density at radius 3 is 2.21 bits per heavy atom. The highest BCUT2D eigenvalue weighted by Gasteiger charge is 2.22. The maximum Gasteiger partial charge on any atom is 0.417 e. The third-order valence-corrected chi connectivity index (χ3v) is 2.34. The van der Waals surface area contributed by atoms with E-state index in [9.17, 15) is 13.6 Å². The Bertz CT molecular complexity index is 345. The van der Waals surface area contributed by atoms with Crippen molar-refractivity contribution in [3.8, 4) is 0 Å². The Balaban J connectivity index is 2.78. The fourth-order valence-corrected chi connectivity index (χ4v) is 1.27. The monoisotopic (exact) mass is 220 g/mol. The molecule has 3 nitrogen and oxygen atoms in total. The van der Waals surface area contributed by atoms with Crippen molar-refractivity contribution in [1.82, 2.24) is 0 Å². The topological polar surface area (TPSA) is 35.5 Å². The lowest BCUT2D eigenvalue weighted by atomic mass is 10.2. The van der Waals surface area contributed by atoms with E-state index < -0.39 is 7.60 Å². The zero-order valence-corrected chi connectivity index (χ0v) is 7.86. The summed E-state index contributed by atoms with van der Waals surface area (Å²) in [7, 11) is -4.36. The molecule has 0 aliphatic rings. The first-order valence-electron chi connectivity index (χ1n) is 3.65. The first-order chi connectivity index (χ1) is 6.70. The van der Waals surface area contributed by atoms with Crippen LogP contribution >= 0.6 is 7.60 Å². The summed E-state index contributed by atoms with van der Waals surface area (Å²) in [4.78, 5) is 0. The minimum Gasteiger partial charge on any atom is -0.250 e. The van der Waals surface area contributed by atoms with Crippen LogP contribution in [-0.2, 0) is 14.0 Å². The maximum absolute atomic E-state index is 11.6. The van der Waals surface area contributed by atoms with Crippen LogP contribution in [0, 0.1) is 0 Å². The largest absolute Gasteiger partial charge is 0.417 e. The number of hydrogen-bond donors (Lipinski definition) is 0. The molecule has 0 saturated carbocycles. The average molecular weight is 220 g/mol. The molecule has 0 atom stereocenters. The molecule has 1 aromatic rings. The Labute approximate surface area is 79.3 Å². The minimum atomic E-state index is -4.36. The standard InChI is InChI=1S/C8H7F2O3P/c9-12-14(11,13-10)7-6-8-4-2-1-3-5-8/h1-7H. The Morgan fingerprint density at radius 2 is 1.71 bits per heavy atom. The van der Waals surface area contributed by atoms with Gasteiger partial charge in [-0.05, 0) is 20.7 Å². The predicted octanol–water partition coefficient (Wildman–Crippen LogP) is 3.65. The second-order valence-corrected chi connectivity index (χ2v) is 4.06. The van der Waals surface area contributed by atoms with E-state index in [1.54, 1.807) is 30.3 Å². The Kier molecular flexibility index (Phi) is 3.95. The summed E-state index contributed by atoms with van der Waals surface area (Å²) in [5.74, 6) is 0.697. The van der Waals surface area contributed by atoms with Crippen LogP contribution in [0.5, 0.6) is 0 Å². The van der Waals surface area contributed by atoms with Gasteiger partial charge >= 0.3 is 7.60 Å². The molecule has 0 aromatic heterocycles. The molecule has 76 valence electrons. The molecule has 0 heterocycles. The third-order valence-electron chi connectivity index (χ3n) is 1.44. The summed E-state index contributed by atoms with van der Waals surface area (Å²) in [6.07, 6.45) is 1.24. The summed E-state index contributed by atoms with van der Waals surface area (Å²) in [5.41, 5.74) is 0.627. The fourth-order valence-electron chi connectivity index (χ4n) is 0.798. The second-order valence-electron chi connectivity index (χ2n) is 2.40. The van der Waals surface area contributed by atoms with Gasteiger partial charge in [0, 0.05) is 5.82 Å². The van der Waals surface area contributed by atoms with Gasteiger partial charge in [0.15, 0.2) is 0 Å². The maximum atomic E-state index is 11.6. The van der Waals surface area contributed by atoms with Crippen LogP contribution in [0.3, 0.4) is 0 Å². The van der Waals surface area contributed by atoms with Crippen LogP contribution in [0.25, 0.3) is 6.08 Å². The van der Waals surface area contributed by atoms with Crippen molar-refractivity contribution in [2.75, 3.05) is 0 Å². The molecule has 0 aliphatic heterocycles. The highest BCUT2D eigenvalue weighted by Crippen LogP contribution is 2.50. The number of rotatable bonds is 4. The van der Waals surface area contributed by atoms with E-state index in [1.165, 1.54) is 6.08 Å². The number of hydrogen-bond acceptors (Lipinski definition) is 3. The van der Waals surface area contributed by atoms with Crippen molar-refractivity contribution in [1.29, 1.82) is 0 Å². The fraction of sp³-hybridized carbons (Fsp3) is 0. The van der Waals surface area contributed by atoms with E-state index in [0.717, 1.165) is 0 Å². The first-order valence-corrected chi connectivity index (χ1v) is 5.26. The lowest BCUT2D eigenvalue weighted by Gasteiger charge is -1.99. The molecule has 14 heavy (non-hydrogen) atoms. The van der Waals surface area contributed by atoms with Crippen LogP contribution < -0.4 is 0 Å². The molecule has 0 N–H and O–H groups in total. The van der Waals surface area contributed by atoms with E-state index in [2.05, 4.69) is 9.46 Å². The van der Waals surface area contributed by atoms with Gasteiger partial charge < -0.3 is 0 Å².